The Balaban J connectivity index is 4.23. The SMILES string of the molecule is CC(C)[C@](C)(N)C(=O)OCC(F)(F)F. The summed E-state index contributed by atoms with van der Waals surface area (Å²) < 4.78 is 39.1. The van der Waals surface area contributed by atoms with Gasteiger partial charge in [0.15, 0.2) is 6.61 Å². The Morgan fingerprint density at radius 3 is 2.14 bits per heavy atom. The van der Waals surface area contributed by atoms with Gasteiger partial charge in [0, 0.05) is 0 Å². The monoisotopic (exact) mass is 213 g/mol. The van der Waals surface area contributed by atoms with Crippen LogP contribution in [0.1, 0.15) is 20.8 Å². The van der Waals surface area contributed by atoms with Gasteiger partial charge in [0.25, 0.3) is 0 Å². The van der Waals surface area contributed by atoms with Gasteiger partial charge >= 0.3 is 12.1 Å². The molecule has 0 radical (unpaired) electrons. The molecule has 0 aromatic heterocycles. The standard InChI is InChI=1S/C8H14F3NO2/c1-5(2)7(3,12)6(13)14-4-8(9,10)11/h5H,4,12H2,1-3H3/t7-/m0/s1. The zero-order chi connectivity index (χ0) is 11.6. The third-order valence-corrected chi connectivity index (χ3v) is 2.01. The molecular weight excluding hydrogens is 199 g/mol. The fourth-order valence-corrected chi connectivity index (χ4v) is 0.539. The van der Waals surface area contributed by atoms with Gasteiger partial charge in [-0.15, -0.1) is 0 Å². The maximum Gasteiger partial charge on any atom is 0.422 e. The Bertz CT molecular complexity index is 211. The van der Waals surface area contributed by atoms with Crippen molar-refractivity contribution in [3.05, 3.63) is 0 Å². The first kappa shape index (κ1) is 13.2. The van der Waals surface area contributed by atoms with Crippen LogP contribution in [0.2, 0.25) is 0 Å². The lowest BCUT2D eigenvalue weighted by Crippen LogP contribution is -2.51. The first-order valence-corrected chi connectivity index (χ1v) is 4.10. The summed E-state index contributed by atoms with van der Waals surface area (Å²) in [5.74, 6) is -1.33. The van der Waals surface area contributed by atoms with Crippen LogP contribution in [0.4, 0.5) is 13.2 Å². The average Bonchev–Trinajstić information content (AvgIpc) is 1.98. The summed E-state index contributed by atoms with van der Waals surface area (Å²) in [4.78, 5) is 11.1. The minimum absolute atomic E-state index is 0.289. The maximum atomic E-state index is 11.7. The third-order valence-electron chi connectivity index (χ3n) is 2.01. The van der Waals surface area contributed by atoms with Crippen LogP contribution in [0.3, 0.4) is 0 Å². The molecule has 1 atom stereocenters. The third kappa shape index (κ3) is 3.95. The number of hydrogen-bond donors (Lipinski definition) is 1. The molecule has 6 heteroatoms. The quantitative estimate of drug-likeness (QED) is 0.722. The summed E-state index contributed by atoms with van der Waals surface area (Å²) in [6.45, 7) is 3.02. The summed E-state index contributed by atoms with van der Waals surface area (Å²) in [6, 6.07) is 0. The summed E-state index contributed by atoms with van der Waals surface area (Å²) in [6.07, 6.45) is -4.51. The van der Waals surface area contributed by atoms with E-state index in [2.05, 4.69) is 4.74 Å². The Labute approximate surface area is 80.4 Å². The first-order chi connectivity index (χ1) is 6.07. The molecule has 3 nitrogen and oxygen atoms in total. The van der Waals surface area contributed by atoms with E-state index >= 15 is 0 Å². The highest BCUT2D eigenvalue weighted by Gasteiger charge is 2.37. The highest BCUT2D eigenvalue weighted by Crippen LogP contribution is 2.19. The van der Waals surface area contributed by atoms with Crippen LogP contribution >= 0.6 is 0 Å². The number of rotatable bonds is 3. The number of esters is 1. The van der Waals surface area contributed by atoms with Crippen LogP contribution in [-0.4, -0.2) is 24.3 Å². The molecule has 0 aliphatic rings. The zero-order valence-corrected chi connectivity index (χ0v) is 8.31. The summed E-state index contributed by atoms with van der Waals surface area (Å²) in [7, 11) is 0. The van der Waals surface area contributed by atoms with E-state index in [0.717, 1.165) is 0 Å². The molecule has 0 unspecified atom stereocenters. The molecule has 0 bridgehead atoms. The van der Waals surface area contributed by atoms with Crippen molar-refractivity contribution in [1.82, 2.24) is 0 Å². The lowest BCUT2D eigenvalue weighted by Gasteiger charge is -2.26. The van der Waals surface area contributed by atoms with Crippen molar-refractivity contribution < 1.29 is 22.7 Å². The van der Waals surface area contributed by atoms with E-state index in [4.69, 9.17) is 5.73 Å². The average molecular weight is 213 g/mol. The van der Waals surface area contributed by atoms with Crippen LogP contribution in [-0.2, 0) is 9.53 Å². The van der Waals surface area contributed by atoms with Crippen molar-refractivity contribution in [3.8, 4) is 0 Å². The van der Waals surface area contributed by atoms with Gasteiger partial charge in [-0.05, 0) is 12.8 Å². The molecule has 0 aromatic carbocycles. The van der Waals surface area contributed by atoms with E-state index < -0.39 is 24.3 Å². The smallest absolute Gasteiger partial charge is 0.422 e. The molecule has 0 fully saturated rings. The van der Waals surface area contributed by atoms with Crippen LogP contribution in [0.5, 0.6) is 0 Å². The van der Waals surface area contributed by atoms with Crippen molar-refractivity contribution >= 4 is 5.97 Å². The fourth-order valence-electron chi connectivity index (χ4n) is 0.539. The van der Waals surface area contributed by atoms with E-state index in [9.17, 15) is 18.0 Å². The van der Waals surface area contributed by atoms with Gasteiger partial charge in [-0.2, -0.15) is 13.2 Å². The molecule has 2 N–H and O–H groups in total. The minimum Gasteiger partial charge on any atom is -0.455 e. The number of carbonyl (C=O) groups is 1. The zero-order valence-electron chi connectivity index (χ0n) is 8.31. The molecule has 0 saturated heterocycles. The lowest BCUT2D eigenvalue weighted by atomic mass is 9.90. The van der Waals surface area contributed by atoms with E-state index in [0.29, 0.717) is 0 Å². The number of nitrogens with two attached hydrogens (primary N) is 1. The number of ether oxygens (including phenoxy) is 1. The highest BCUT2D eigenvalue weighted by molar-refractivity contribution is 5.80. The summed E-state index contributed by atoms with van der Waals surface area (Å²) in [5, 5.41) is 0. The maximum absolute atomic E-state index is 11.7. The lowest BCUT2D eigenvalue weighted by molar-refractivity contribution is -0.190. The van der Waals surface area contributed by atoms with Crippen LogP contribution in [0.15, 0.2) is 0 Å². The van der Waals surface area contributed by atoms with Gasteiger partial charge in [0.05, 0.1) is 0 Å². The van der Waals surface area contributed by atoms with E-state index in [-0.39, 0.29) is 5.92 Å². The van der Waals surface area contributed by atoms with Crippen molar-refractivity contribution in [3.63, 3.8) is 0 Å². The highest BCUT2D eigenvalue weighted by atomic mass is 19.4. The van der Waals surface area contributed by atoms with E-state index in [1.165, 1.54) is 6.92 Å². The Morgan fingerprint density at radius 2 is 1.86 bits per heavy atom. The second-order valence-corrected chi connectivity index (χ2v) is 3.63. The predicted octanol–water partition coefficient (Wildman–Crippen LogP) is 1.47. The van der Waals surface area contributed by atoms with Crippen molar-refractivity contribution in [2.45, 2.75) is 32.5 Å². The Kier molecular flexibility index (Phi) is 3.93. The molecule has 84 valence electrons. The van der Waals surface area contributed by atoms with Gasteiger partial charge in [-0.3, -0.25) is 4.79 Å². The summed E-state index contributed by atoms with van der Waals surface area (Å²) in [5.41, 5.74) is 4.11. The van der Waals surface area contributed by atoms with Gasteiger partial charge in [-0.25, -0.2) is 0 Å². The normalized spacial score (nSPS) is 16.6. The molecule has 0 aromatic rings. The van der Waals surface area contributed by atoms with Crippen molar-refractivity contribution in [1.29, 1.82) is 0 Å². The molecule has 0 spiro atoms. The van der Waals surface area contributed by atoms with E-state index in [1.807, 2.05) is 0 Å². The number of hydrogen-bond acceptors (Lipinski definition) is 3. The van der Waals surface area contributed by atoms with Crippen LogP contribution in [0, 0.1) is 5.92 Å². The van der Waals surface area contributed by atoms with Crippen molar-refractivity contribution in [2.75, 3.05) is 6.61 Å². The van der Waals surface area contributed by atoms with Gasteiger partial charge in [-0.1, -0.05) is 13.8 Å². The molecular formula is C8H14F3NO2. The number of carbonyl (C=O) groups excluding carboxylic acids is 1. The van der Waals surface area contributed by atoms with Gasteiger partial charge < -0.3 is 10.5 Å². The fraction of sp³-hybridized carbons (Fsp3) is 0.875. The minimum atomic E-state index is -4.51. The molecule has 0 amide bonds. The second kappa shape index (κ2) is 4.16. The number of alkyl halides is 3. The predicted molar refractivity (Wildman–Crippen MR) is 44.4 cm³/mol. The van der Waals surface area contributed by atoms with Gasteiger partial charge in [0.2, 0.25) is 0 Å². The Hall–Kier alpha value is -0.780. The van der Waals surface area contributed by atoms with Crippen LogP contribution < -0.4 is 5.73 Å². The van der Waals surface area contributed by atoms with Crippen molar-refractivity contribution in [2.24, 2.45) is 11.7 Å². The molecule has 0 saturated carbocycles. The molecule has 0 heterocycles. The number of halogens is 3. The topological polar surface area (TPSA) is 52.3 Å². The molecule has 0 rings (SSSR count). The Morgan fingerprint density at radius 1 is 1.43 bits per heavy atom. The largest absolute Gasteiger partial charge is 0.455 e. The molecule has 14 heavy (non-hydrogen) atoms. The van der Waals surface area contributed by atoms with E-state index in [1.54, 1.807) is 13.8 Å². The second-order valence-electron chi connectivity index (χ2n) is 3.63. The van der Waals surface area contributed by atoms with Gasteiger partial charge in [0.1, 0.15) is 5.54 Å². The summed E-state index contributed by atoms with van der Waals surface area (Å²) >= 11 is 0. The van der Waals surface area contributed by atoms with Crippen LogP contribution in [0.25, 0.3) is 0 Å². The first-order valence-electron chi connectivity index (χ1n) is 4.10. The molecule has 0 aliphatic carbocycles. The molecule has 0 aliphatic heterocycles.